The normalized spacial score (nSPS) is 16.2. The number of amides is 2. The molecule has 1 atom stereocenters. The zero-order chi connectivity index (χ0) is 21.1. The Balaban J connectivity index is 1.72. The van der Waals surface area contributed by atoms with Gasteiger partial charge in [0.2, 0.25) is 11.8 Å². The molecule has 6 nitrogen and oxygen atoms in total. The number of imidazole rings is 1. The van der Waals surface area contributed by atoms with Crippen LogP contribution < -0.4 is 4.90 Å². The van der Waals surface area contributed by atoms with Crippen LogP contribution in [-0.4, -0.2) is 39.4 Å². The van der Waals surface area contributed by atoms with Crippen molar-refractivity contribution in [2.45, 2.75) is 45.7 Å². The van der Waals surface area contributed by atoms with E-state index in [1.54, 1.807) is 4.90 Å². The van der Waals surface area contributed by atoms with Crippen LogP contribution in [0.5, 0.6) is 0 Å². The van der Waals surface area contributed by atoms with Crippen molar-refractivity contribution < 1.29 is 9.59 Å². The molecule has 1 saturated heterocycles. The van der Waals surface area contributed by atoms with Crippen molar-refractivity contribution in [3.8, 4) is 0 Å². The Labute approximate surface area is 177 Å². The van der Waals surface area contributed by atoms with Crippen molar-refractivity contribution in [2.75, 3.05) is 18.0 Å². The first kappa shape index (κ1) is 20.1. The summed E-state index contributed by atoms with van der Waals surface area (Å²) in [5.74, 6) is 0.967. The van der Waals surface area contributed by atoms with Crippen molar-refractivity contribution in [3.63, 3.8) is 0 Å². The van der Waals surface area contributed by atoms with E-state index >= 15 is 0 Å². The van der Waals surface area contributed by atoms with E-state index in [0.717, 1.165) is 41.9 Å². The van der Waals surface area contributed by atoms with Gasteiger partial charge in [-0.2, -0.15) is 0 Å². The number of para-hydroxylation sites is 3. The lowest BCUT2D eigenvalue weighted by Crippen LogP contribution is -2.35. The molecular weight excluding hydrogens is 376 g/mol. The maximum atomic E-state index is 13.3. The van der Waals surface area contributed by atoms with Crippen LogP contribution >= 0.6 is 0 Å². The van der Waals surface area contributed by atoms with Gasteiger partial charge in [0.25, 0.3) is 0 Å². The molecule has 0 unspecified atom stereocenters. The zero-order valence-corrected chi connectivity index (χ0v) is 17.6. The molecule has 156 valence electrons. The van der Waals surface area contributed by atoms with E-state index in [2.05, 4.69) is 0 Å². The molecule has 2 aromatic carbocycles. The topological polar surface area (TPSA) is 58.4 Å². The van der Waals surface area contributed by atoms with Crippen LogP contribution in [0.3, 0.4) is 0 Å². The van der Waals surface area contributed by atoms with Gasteiger partial charge in [-0.05, 0) is 44.0 Å². The number of likely N-dealkylation sites (N-methyl/N-ethyl adjacent to an activating group) is 1. The molecule has 1 aliphatic rings. The fourth-order valence-corrected chi connectivity index (χ4v) is 4.38. The number of likely N-dealkylation sites (tertiary alicyclic amines) is 1. The fraction of sp³-hybridized carbons (Fsp3) is 0.375. The molecule has 30 heavy (non-hydrogen) atoms. The Morgan fingerprint density at radius 1 is 1.07 bits per heavy atom. The largest absolute Gasteiger partial charge is 0.333 e. The maximum Gasteiger partial charge on any atom is 0.246 e. The van der Waals surface area contributed by atoms with Gasteiger partial charge in [-0.3, -0.25) is 9.59 Å². The highest BCUT2D eigenvalue weighted by Gasteiger charge is 2.33. The standard InChI is InChI=1S/C24H28N4O2/c1-3-22(29)27-16-10-15-21(27)24-25-19-13-8-9-14-20(19)28(24)17-23(30)26(4-2)18-11-6-5-7-12-18/h5-9,11-14,21H,3-4,10,15-17H2,1-2H3/t21-/m1/s1. The highest BCUT2D eigenvalue weighted by atomic mass is 16.2. The molecular formula is C24H28N4O2. The van der Waals surface area contributed by atoms with Crippen molar-refractivity contribution in [1.82, 2.24) is 14.5 Å². The van der Waals surface area contributed by atoms with Crippen LogP contribution in [0, 0.1) is 0 Å². The minimum atomic E-state index is -0.0792. The summed E-state index contributed by atoms with van der Waals surface area (Å²) in [4.78, 5) is 34.4. The van der Waals surface area contributed by atoms with Crippen LogP contribution in [0.1, 0.15) is 45.0 Å². The van der Waals surface area contributed by atoms with Gasteiger partial charge in [0.1, 0.15) is 12.4 Å². The molecule has 0 spiro atoms. The summed E-state index contributed by atoms with van der Waals surface area (Å²) >= 11 is 0. The average molecular weight is 405 g/mol. The molecule has 0 radical (unpaired) electrons. The van der Waals surface area contributed by atoms with Crippen LogP contribution in [0.15, 0.2) is 54.6 Å². The predicted molar refractivity (Wildman–Crippen MR) is 118 cm³/mol. The predicted octanol–water partition coefficient (Wildman–Crippen LogP) is 4.16. The van der Waals surface area contributed by atoms with E-state index in [-0.39, 0.29) is 24.4 Å². The van der Waals surface area contributed by atoms with Crippen LogP contribution in [0.4, 0.5) is 5.69 Å². The van der Waals surface area contributed by atoms with Gasteiger partial charge < -0.3 is 14.4 Å². The molecule has 1 aromatic heterocycles. The minimum absolute atomic E-state index is 0.0134. The molecule has 2 amide bonds. The highest BCUT2D eigenvalue weighted by Crippen LogP contribution is 2.34. The third-order valence-corrected chi connectivity index (χ3v) is 5.84. The summed E-state index contributed by atoms with van der Waals surface area (Å²) in [7, 11) is 0. The molecule has 3 aromatic rings. The lowest BCUT2D eigenvalue weighted by molar-refractivity contribution is -0.131. The molecule has 0 aliphatic carbocycles. The molecule has 0 N–H and O–H groups in total. The Hall–Kier alpha value is -3.15. The van der Waals surface area contributed by atoms with Gasteiger partial charge in [0.05, 0.1) is 17.1 Å². The van der Waals surface area contributed by atoms with Crippen molar-refractivity contribution >= 4 is 28.5 Å². The second-order valence-corrected chi connectivity index (χ2v) is 7.62. The summed E-state index contributed by atoms with van der Waals surface area (Å²) in [6.07, 6.45) is 2.31. The third kappa shape index (κ3) is 3.70. The number of nitrogens with zero attached hydrogens (tertiary/aromatic N) is 4. The van der Waals surface area contributed by atoms with Crippen LogP contribution in [0.25, 0.3) is 11.0 Å². The number of fused-ring (bicyclic) bond motifs is 1. The molecule has 6 heteroatoms. The van der Waals surface area contributed by atoms with Gasteiger partial charge in [0, 0.05) is 25.2 Å². The fourth-order valence-electron chi connectivity index (χ4n) is 4.38. The van der Waals surface area contributed by atoms with Crippen molar-refractivity contribution in [3.05, 3.63) is 60.4 Å². The molecule has 0 saturated carbocycles. The maximum absolute atomic E-state index is 13.3. The highest BCUT2D eigenvalue weighted by molar-refractivity contribution is 5.94. The van der Waals surface area contributed by atoms with Crippen molar-refractivity contribution in [2.24, 2.45) is 0 Å². The summed E-state index contributed by atoms with van der Waals surface area (Å²) in [5.41, 5.74) is 2.68. The number of benzene rings is 2. The van der Waals surface area contributed by atoms with Gasteiger partial charge >= 0.3 is 0 Å². The first-order valence-electron chi connectivity index (χ1n) is 10.7. The van der Waals surface area contributed by atoms with Gasteiger partial charge in [-0.15, -0.1) is 0 Å². The minimum Gasteiger partial charge on any atom is -0.333 e. The summed E-state index contributed by atoms with van der Waals surface area (Å²) in [5, 5.41) is 0. The van der Waals surface area contributed by atoms with Gasteiger partial charge in [0.15, 0.2) is 0 Å². The zero-order valence-electron chi connectivity index (χ0n) is 17.6. The van der Waals surface area contributed by atoms with E-state index in [1.165, 1.54) is 0 Å². The van der Waals surface area contributed by atoms with Crippen LogP contribution in [0.2, 0.25) is 0 Å². The number of carbonyl (C=O) groups excluding carboxylic acids is 2. The Morgan fingerprint density at radius 2 is 1.80 bits per heavy atom. The van der Waals surface area contributed by atoms with Gasteiger partial charge in [-0.1, -0.05) is 37.3 Å². The summed E-state index contributed by atoms with van der Waals surface area (Å²) in [6.45, 7) is 5.41. The van der Waals surface area contributed by atoms with Crippen molar-refractivity contribution in [1.29, 1.82) is 0 Å². The monoisotopic (exact) mass is 404 g/mol. The number of hydrogen-bond acceptors (Lipinski definition) is 3. The molecule has 4 rings (SSSR count). The van der Waals surface area contributed by atoms with E-state index in [1.807, 2.05) is 77.9 Å². The quantitative estimate of drug-likeness (QED) is 0.620. The molecule has 1 fully saturated rings. The smallest absolute Gasteiger partial charge is 0.246 e. The summed E-state index contributed by atoms with van der Waals surface area (Å²) in [6, 6.07) is 17.5. The van der Waals surface area contributed by atoms with Crippen LogP contribution in [-0.2, 0) is 16.1 Å². The Morgan fingerprint density at radius 3 is 2.53 bits per heavy atom. The Kier molecular flexibility index (Phi) is 5.84. The number of anilines is 1. The number of aromatic nitrogens is 2. The molecule has 0 bridgehead atoms. The van der Waals surface area contributed by atoms with E-state index in [9.17, 15) is 9.59 Å². The molecule has 1 aliphatic heterocycles. The summed E-state index contributed by atoms with van der Waals surface area (Å²) < 4.78 is 2.01. The SMILES string of the molecule is CCC(=O)N1CCC[C@@H]1c1nc2ccccc2n1CC(=O)N(CC)c1ccccc1. The lowest BCUT2D eigenvalue weighted by Gasteiger charge is -2.26. The second-order valence-electron chi connectivity index (χ2n) is 7.62. The van der Waals surface area contributed by atoms with E-state index < -0.39 is 0 Å². The third-order valence-electron chi connectivity index (χ3n) is 5.84. The van der Waals surface area contributed by atoms with E-state index in [4.69, 9.17) is 4.98 Å². The number of carbonyl (C=O) groups is 2. The van der Waals surface area contributed by atoms with E-state index in [0.29, 0.717) is 13.0 Å². The lowest BCUT2D eigenvalue weighted by atomic mass is 10.2. The van der Waals surface area contributed by atoms with Gasteiger partial charge in [-0.25, -0.2) is 4.98 Å². The number of rotatable bonds is 6. The number of hydrogen-bond donors (Lipinski definition) is 0. The first-order chi connectivity index (χ1) is 14.6. The Bertz CT molecular complexity index is 1040. The second kappa shape index (κ2) is 8.69. The molecule has 2 heterocycles. The first-order valence-corrected chi connectivity index (χ1v) is 10.7. The average Bonchev–Trinajstić information content (AvgIpc) is 3.39.